The van der Waals surface area contributed by atoms with Gasteiger partial charge in [0.05, 0.1) is 12.6 Å². The zero-order valence-electron chi connectivity index (χ0n) is 22.2. The largest absolute Gasteiger partial charge is 0.465 e. The molecule has 3 atom stereocenters. The van der Waals surface area contributed by atoms with Gasteiger partial charge in [-0.1, -0.05) is 36.4 Å². The lowest BCUT2D eigenvalue weighted by atomic mass is 9.81. The lowest BCUT2D eigenvalue weighted by molar-refractivity contribution is -0.150. The number of rotatable bonds is 8. The van der Waals surface area contributed by atoms with E-state index in [2.05, 4.69) is 4.98 Å². The summed E-state index contributed by atoms with van der Waals surface area (Å²) in [5.41, 5.74) is 1.62. The van der Waals surface area contributed by atoms with Gasteiger partial charge < -0.3 is 19.7 Å². The molecule has 2 heterocycles. The Morgan fingerprint density at radius 1 is 1.19 bits per heavy atom. The van der Waals surface area contributed by atoms with E-state index >= 15 is 0 Å². The second-order valence-electron chi connectivity index (χ2n) is 10.7. The highest BCUT2D eigenvalue weighted by Crippen LogP contribution is 2.44. The minimum atomic E-state index is -4.62. The van der Waals surface area contributed by atoms with Crippen molar-refractivity contribution in [2.24, 2.45) is 5.92 Å². The number of carbonyl (C=O) groups is 2. The van der Waals surface area contributed by atoms with Crippen LogP contribution in [0.2, 0.25) is 0 Å². The Morgan fingerprint density at radius 3 is 2.48 bits per heavy atom. The Morgan fingerprint density at radius 2 is 1.88 bits per heavy atom. The van der Waals surface area contributed by atoms with Crippen LogP contribution in [0.15, 0.2) is 52.9 Å². The van der Waals surface area contributed by atoms with E-state index in [1.165, 1.54) is 12.1 Å². The summed E-state index contributed by atoms with van der Waals surface area (Å²) in [5, 5.41) is 12.1. The quantitative estimate of drug-likeness (QED) is 0.208. The van der Waals surface area contributed by atoms with Gasteiger partial charge in [-0.2, -0.15) is 13.2 Å². The van der Waals surface area contributed by atoms with Crippen LogP contribution in [0.3, 0.4) is 0 Å². The van der Waals surface area contributed by atoms with Crippen molar-refractivity contribution in [1.82, 2.24) is 20.1 Å². The van der Waals surface area contributed by atoms with E-state index in [1.807, 2.05) is 5.32 Å². The van der Waals surface area contributed by atoms with Crippen LogP contribution in [0.1, 0.15) is 54.8 Å². The first kappa shape index (κ1) is 29.9. The summed E-state index contributed by atoms with van der Waals surface area (Å²) in [5.74, 6) is -3.51. The van der Waals surface area contributed by atoms with Crippen LogP contribution in [0.4, 0.5) is 31.5 Å². The molecule has 2 aromatic carbocycles. The molecule has 2 N–H and O–H groups in total. The molecule has 1 aromatic heterocycles. The van der Waals surface area contributed by atoms with Gasteiger partial charge in [0.1, 0.15) is 17.6 Å². The van der Waals surface area contributed by atoms with Crippen LogP contribution in [-0.2, 0) is 6.54 Å². The van der Waals surface area contributed by atoms with Crippen molar-refractivity contribution in [1.29, 1.82) is 0 Å². The summed E-state index contributed by atoms with van der Waals surface area (Å²) >= 11 is 6.11. The van der Waals surface area contributed by atoms with Crippen LogP contribution >= 0.6 is 11.6 Å². The molecule has 14 heteroatoms. The third-order valence-electron chi connectivity index (χ3n) is 7.91. The fourth-order valence-electron chi connectivity index (χ4n) is 5.69. The van der Waals surface area contributed by atoms with E-state index in [0.717, 1.165) is 9.80 Å². The maximum Gasteiger partial charge on any atom is 0.410 e. The van der Waals surface area contributed by atoms with Crippen LogP contribution in [0, 0.1) is 5.92 Å². The number of nitrogens with one attached hydrogen (secondary N) is 1. The second-order valence-corrected chi connectivity index (χ2v) is 11.0. The first-order chi connectivity index (χ1) is 19.9. The average molecular weight is 615 g/mol. The van der Waals surface area contributed by atoms with Gasteiger partial charge >= 0.3 is 18.3 Å². The number of benzene rings is 2. The van der Waals surface area contributed by atoms with E-state index in [0.29, 0.717) is 11.1 Å². The second kappa shape index (κ2) is 11.6. The van der Waals surface area contributed by atoms with Crippen molar-refractivity contribution in [2.45, 2.75) is 62.5 Å². The molecule has 8 nitrogen and oxygen atoms in total. The van der Waals surface area contributed by atoms with Crippen LogP contribution in [-0.4, -0.2) is 62.6 Å². The maximum absolute atomic E-state index is 14.0. The van der Waals surface area contributed by atoms with E-state index in [-0.39, 0.29) is 42.3 Å². The van der Waals surface area contributed by atoms with Gasteiger partial charge in [0.2, 0.25) is 11.8 Å². The highest BCUT2D eigenvalue weighted by Gasteiger charge is 2.48. The number of fused-ring (bicyclic) bond motifs is 1. The van der Waals surface area contributed by atoms with Crippen molar-refractivity contribution in [3.63, 3.8) is 0 Å². The zero-order chi connectivity index (χ0) is 30.2. The summed E-state index contributed by atoms with van der Waals surface area (Å²) in [6.45, 7) is -0.653. The molecule has 3 amide bonds. The lowest BCUT2D eigenvalue weighted by Gasteiger charge is -2.37. The number of aromatic nitrogens is 1. The van der Waals surface area contributed by atoms with Crippen LogP contribution in [0.25, 0.3) is 11.1 Å². The Balaban J connectivity index is 1.49. The number of nitrogens with zero attached hydrogens (tertiary/aromatic N) is 3. The van der Waals surface area contributed by atoms with Crippen molar-refractivity contribution < 1.29 is 41.1 Å². The van der Waals surface area contributed by atoms with Gasteiger partial charge in [-0.3, -0.25) is 4.90 Å². The fraction of sp³-hybridized carbons (Fsp3) is 0.464. The molecule has 1 aliphatic heterocycles. The smallest absolute Gasteiger partial charge is 0.410 e. The Hall–Kier alpha value is -3.61. The number of hydrogen-bond donors (Lipinski definition) is 2. The van der Waals surface area contributed by atoms with Gasteiger partial charge in [-0.15, -0.1) is 11.6 Å². The first-order valence-electron chi connectivity index (χ1n) is 13.4. The van der Waals surface area contributed by atoms with Crippen LogP contribution < -0.4 is 5.32 Å². The zero-order valence-corrected chi connectivity index (χ0v) is 22.9. The van der Waals surface area contributed by atoms with E-state index in [4.69, 9.17) is 16.0 Å². The van der Waals surface area contributed by atoms with Gasteiger partial charge in [-0.25, -0.2) is 23.4 Å². The Kier molecular flexibility index (Phi) is 8.23. The molecule has 0 bridgehead atoms. The summed E-state index contributed by atoms with van der Waals surface area (Å²) < 4.78 is 73.8. The minimum absolute atomic E-state index is 0.0224. The summed E-state index contributed by atoms with van der Waals surface area (Å²) in [6, 6.07) is 8.59. The number of carbonyl (C=O) groups excluding carboxylic acids is 1. The standard InChI is InChI=1S/C28H28ClF5N4O4/c29-13-20(37-15-22(28(32,33)34)36-25(37)39)18-6-7-21-19(12-18)35-24(42-21)23(17-8-10-27(30,31)11-9-17)38(26(40)41)14-16-4-2-1-3-5-16/h1-7,12,17,20,22-23H,8-11,13-15H2,(H,36,39)(H,40,41)/t20-,22+,23+/m1/s1. The topological polar surface area (TPSA) is 98.9 Å². The van der Waals surface area contributed by atoms with Gasteiger partial charge in [0.25, 0.3) is 0 Å². The number of oxazole rings is 1. The highest BCUT2D eigenvalue weighted by atomic mass is 35.5. The van der Waals surface area contributed by atoms with E-state index in [9.17, 15) is 36.6 Å². The number of hydrogen-bond acceptors (Lipinski definition) is 4. The van der Waals surface area contributed by atoms with Crippen molar-refractivity contribution in [2.75, 3.05) is 12.4 Å². The SMILES string of the molecule is O=C1N[C@H](C(F)(F)F)CN1[C@H](CCl)c1ccc2oc([C@H](C3CCC(F)(F)CC3)N(Cc3ccccc3)C(=O)O)nc2c1. The number of alkyl halides is 6. The normalized spacial score (nSPS) is 20.9. The van der Waals surface area contributed by atoms with Gasteiger partial charge in [0.15, 0.2) is 5.58 Å². The van der Waals surface area contributed by atoms with Crippen molar-refractivity contribution in [3.8, 4) is 0 Å². The molecule has 0 unspecified atom stereocenters. The molecular weight excluding hydrogens is 587 g/mol. The maximum atomic E-state index is 14.0. The van der Waals surface area contributed by atoms with Gasteiger partial charge in [0, 0.05) is 25.3 Å². The Bertz CT molecular complexity index is 1430. The molecule has 2 aliphatic rings. The number of carboxylic acid groups (broad SMARTS) is 1. The van der Waals surface area contributed by atoms with Crippen LogP contribution in [0.5, 0.6) is 0 Å². The summed E-state index contributed by atoms with van der Waals surface area (Å²) in [7, 11) is 0. The Labute approximate surface area is 242 Å². The molecule has 0 radical (unpaired) electrons. The number of urea groups is 1. The van der Waals surface area contributed by atoms with E-state index < -0.39 is 67.7 Å². The molecule has 5 rings (SSSR count). The number of halogens is 6. The molecular formula is C28H28ClF5N4O4. The number of amides is 3. The molecule has 2 fully saturated rings. The predicted octanol–water partition coefficient (Wildman–Crippen LogP) is 7.11. The fourth-order valence-corrected chi connectivity index (χ4v) is 6.04. The molecule has 1 saturated carbocycles. The summed E-state index contributed by atoms with van der Waals surface area (Å²) in [6.07, 6.45) is -6.58. The third-order valence-corrected chi connectivity index (χ3v) is 8.20. The third kappa shape index (κ3) is 6.25. The molecule has 3 aromatic rings. The minimum Gasteiger partial charge on any atom is -0.465 e. The van der Waals surface area contributed by atoms with Crippen molar-refractivity contribution in [3.05, 3.63) is 65.5 Å². The predicted molar refractivity (Wildman–Crippen MR) is 142 cm³/mol. The van der Waals surface area contributed by atoms with Crippen molar-refractivity contribution >= 4 is 34.8 Å². The molecule has 1 aliphatic carbocycles. The molecule has 226 valence electrons. The lowest BCUT2D eigenvalue weighted by Crippen LogP contribution is -2.40. The van der Waals surface area contributed by atoms with E-state index in [1.54, 1.807) is 36.4 Å². The molecule has 1 saturated heterocycles. The molecule has 0 spiro atoms. The average Bonchev–Trinajstić information content (AvgIpc) is 3.53. The van der Waals surface area contributed by atoms with Gasteiger partial charge in [-0.05, 0) is 42.0 Å². The monoisotopic (exact) mass is 614 g/mol. The summed E-state index contributed by atoms with van der Waals surface area (Å²) in [4.78, 5) is 31.6. The first-order valence-corrected chi connectivity index (χ1v) is 13.9. The molecule has 42 heavy (non-hydrogen) atoms. The highest BCUT2D eigenvalue weighted by molar-refractivity contribution is 6.18.